The highest BCUT2D eigenvalue weighted by Crippen LogP contribution is 2.17. The van der Waals surface area contributed by atoms with E-state index in [2.05, 4.69) is 42.2 Å². The van der Waals surface area contributed by atoms with E-state index >= 15 is 0 Å². The van der Waals surface area contributed by atoms with Crippen molar-refractivity contribution in [3.05, 3.63) is 22.4 Å². The third-order valence-electron chi connectivity index (χ3n) is 3.99. The normalized spacial score (nSPS) is 17.9. The average molecular weight is 313 g/mol. The summed E-state index contributed by atoms with van der Waals surface area (Å²) in [6.45, 7) is 0.890. The molecule has 1 aromatic rings. The predicted octanol–water partition coefficient (Wildman–Crippen LogP) is 1.73. The van der Waals surface area contributed by atoms with E-state index in [0.717, 1.165) is 11.7 Å². The van der Waals surface area contributed by atoms with Crippen LogP contribution in [0.15, 0.2) is 17.5 Å². The smallest absolute Gasteiger partial charge is 0.166 e. The van der Waals surface area contributed by atoms with Gasteiger partial charge in [-0.05, 0) is 36.5 Å². The van der Waals surface area contributed by atoms with E-state index in [1.54, 1.807) is 0 Å². The van der Waals surface area contributed by atoms with Crippen molar-refractivity contribution in [1.82, 2.24) is 10.6 Å². The highest BCUT2D eigenvalue weighted by atomic mass is 32.1. The van der Waals surface area contributed by atoms with Crippen molar-refractivity contribution in [2.45, 2.75) is 44.2 Å². The van der Waals surface area contributed by atoms with Crippen LogP contribution in [0.1, 0.15) is 43.0 Å². The van der Waals surface area contributed by atoms with Crippen molar-refractivity contribution in [1.29, 1.82) is 0 Å². The molecule has 3 nitrogen and oxygen atoms in total. The Hall–Kier alpha value is -0.650. The Kier molecular flexibility index (Phi) is 6.26. The molecule has 0 bridgehead atoms. The second-order valence-corrected chi connectivity index (χ2v) is 7.22. The van der Waals surface area contributed by atoms with Gasteiger partial charge in [0.2, 0.25) is 0 Å². The molecule has 1 aromatic heterocycles. The molecule has 0 saturated heterocycles. The van der Waals surface area contributed by atoms with Crippen LogP contribution in [0, 0.1) is 0 Å². The Balaban J connectivity index is 1.78. The summed E-state index contributed by atoms with van der Waals surface area (Å²) in [5.74, 6) is 0. The van der Waals surface area contributed by atoms with Crippen LogP contribution in [0.5, 0.6) is 0 Å². The van der Waals surface area contributed by atoms with Crippen LogP contribution >= 0.6 is 23.6 Å². The lowest BCUT2D eigenvalue weighted by Crippen LogP contribution is -3.06. The van der Waals surface area contributed by atoms with Crippen molar-refractivity contribution in [3.63, 3.8) is 0 Å². The summed E-state index contributed by atoms with van der Waals surface area (Å²) in [7, 11) is 4.40. The lowest BCUT2D eigenvalue weighted by molar-refractivity contribution is -0.890. The maximum atomic E-state index is 5.44. The number of hydrogen-bond acceptors (Lipinski definition) is 2. The summed E-state index contributed by atoms with van der Waals surface area (Å²) < 4.78 is 0. The summed E-state index contributed by atoms with van der Waals surface area (Å²) in [4.78, 5) is 2.85. The molecule has 20 heavy (non-hydrogen) atoms. The molecular formula is C15H26N3S2+. The zero-order valence-corrected chi connectivity index (χ0v) is 14.1. The molecule has 0 aliphatic heterocycles. The number of thiocarbonyl (C=S) groups is 1. The van der Waals surface area contributed by atoms with E-state index in [9.17, 15) is 0 Å². The maximum absolute atomic E-state index is 5.44. The molecule has 0 unspecified atom stereocenters. The summed E-state index contributed by atoms with van der Waals surface area (Å²) in [6.07, 6.45) is 6.56. The Morgan fingerprint density at radius 3 is 2.75 bits per heavy atom. The van der Waals surface area contributed by atoms with Crippen LogP contribution in [0.4, 0.5) is 0 Å². The molecular weight excluding hydrogens is 286 g/mol. The average Bonchev–Trinajstić information content (AvgIpc) is 2.93. The van der Waals surface area contributed by atoms with Gasteiger partial charge in [0.05, 0.1) is 25.5 Å². The number of quaternary nitrogens is 1. The first kappa shape index (κ1) is 15.7. The van der Waals surface area contributed by atoms with Crippen LogP contribution in [0.3, 0.4) is 0 Å². The molecule has 1 aliphatic carbocycles. The number of rotatable bonds is 5. The standard InChI is InChI=1S/C15H25N3S2/c1-18(2)13(14-9-6-10-20-14)11-16-15(19)17-12-7-4-3-5-8-12/h6,9-10,12-13H,3-5,7-8,11H2,1-2H3,(H2,16,17,19)/p+1/t13-/m0/s1. The van der Waals surface area contributed by atoms with Crippen LogP contribution in [-0.4, -0.2) is 31.8 Å². The molecule has 1 heterocycles. The first-order valence-electron chi connectivity index (χ1n) is 7.54. The number of nitrogens with one attached hydrogen (secondary N) is 3. The molecule has 0 spiro atoms. The monoisotopic (exact) mass is 312 g/mol. The van der Waals surface area contributed by atoms with Gasteiger partial charge in [0, 0.05) is 6.04 Å². The van der Waals surface area contributed by atoms with Crippen LogP contribution in [-0.2, 0) is 0 Å². The third kappa shape index (κ3) is 4.72. The van der Waals surface area contributed by atoms with Crippen LogP contribution < -0.4 is 15.5 Å². The number of likely N-dealkylation sites (N-methyl/N-ethyl adjacent to an activating group) is 1. The van der Waals surface area contributed by atoms with E-state index in [1.807, 2.05) is 11.3 Å². The molecule has 1 fully saturated rings. The molecule has 2 rings (SSSR count). The molecule has 0 aromatic carbocycles. The van der Waals surface area contributed by atoms with Crippen LogP contribution in [0.25, 0.3) is 0 Å². The third-order valence-corrected chi connectivity index (χ3v) is 5.24. The summed E-state index contributed by atoms with van der Waals surface area (Å²) in [5, 5.41) is 9.84. The molecule has 1 saturated carbocycles. The van der Waals surface area contributed by atoms with Gasteiger partial charge in [0.1, 0.15) is 6.04 Å². The highest BCUT2D eigenvalue weighted by molar-refractivity contribution is 7.80. The fourth-order valence-electron chi connectivity index (χ4n) is 2.76. The highest BCUT2D eigenvalue weighted by Gasteiger charge is 2.20. The first-order valence-corrected chi connectivity index (χ1v) is 8.83. The fraction of sp³-hybridized carbons (Fsp3) is 0.667. The molecule has 1 atom stereocenters. The topological polar surface area (TPSA) is 28.5 Å². The van der Waals surface area contributed by atoms with Gasteiger partial charge >= 0.3 is 0 Å². The molecule has 1 aliphatic rings. The van der Waals surface area contributed by atoms with E-state index in [4.69, 9.17) is 12.2 Å². The lowest BCUT2D eigenvalue weighted by Gasteiger charge is -2.26. The zero-order valence-electron chi connectivity index (χ0n) is 12.4. The van der Waals surface area contributed by atoms with E-state index < -0.39 is 0 Å². The summed E-state index contributed by atoms with van der Waals surface area (Å²) in [5.41, 5.74) is 0. The maximum Gasteiger partial charge on any atom is 0.166 e. The van der Waals surface area contributed by atoms with Crippen LogP contribution in [0.2, 0.25) is 0 Å². The molecule has 3 N–H and O–H groups in total. The number of hydrogen-bond donors (Lipinski definition) is 3. The summed E-state index contributed by atoms with van der Waals surface area (Å²) in [6, 6.07) is 5.37. The van der Waals surface area contributed by atoms with Crippen molar-refractivity contribution in [2.75, 3.05) is 20.6 Å². The van der Waals surface area contributed by atoms with Gasteiger partial charge in [-0.2, -0.15) is 0 Å². The van der Waals surface area contributed by atoms with Gasteiger partial charge < -0.3 is 15.5 Å². The quantitative estimate of drug-likeness (QED) is 0.723. The van der Waals surface area contributed by atoms with Gasteiger partial charge in [0.25, 0.3) is 0 Å². The van der Waals surface area contributed by atoms with Gasteiger partial charge in [-0.1, -0.05) is 25.3 Å². The fourth-order valence-corrected chi connectivity index (χ4v) is 3.96. The van der Waals surface area contributed by atoms with E-state index in [0.29, 0.717) is 12.1 Å². The molecule has 112 valence electrons. The summed E-state index contributed by atoms with van der Waals surface area (Å²) >= 11 is 7.26. The lowest BCUT2D eigenvalue weighted by atomic mass is 9.96. The van der Waals surface area contributed by atoms with Crippen molar-refractivity contribution < 1.29 is 4.90 Å². The van der Waals surface area contributed by atoms with Gasteiger partial charge in [-0.25, -0.2) is 0 Å². The Morgan fingerprint density at radius 1 is 1.40 bits per heavy atom. The second-order valence-electron chi connectivity index (χ2n) is 5.83. The van der Waals surface area contributed by atoms with E-state index in [1.165, 1.54) is 41.9 Å². The first-order chi connectivity index (χ1) is 9.66. The van der Waals surface area contributed by atoms with Gasteiger partial charge in [0.15, 0.2) is 5.11 Å². The Labute approximate surface area is 131 Å². The largest absolute Gasteiger partial charge is 0.360 e. The minimum atomic E-state index is 0.459. The zero-order chi connectivity index (χ0) is 14.4. The molecule has 0 amide bonds. The van der Waals surface area contributed by atoms with Gasteiger partial charge in [-0.15, -0.1) is 11.3 Å². The van der Waals surface area contributed by atoms with Gasteiger partial charge in [-0.3, -0.25) is 0 Å². The number of thiophene rings is 1. The minimum absolute atomic E-state index is 0.459. The van der Waals surface area contributed by atoms with Crippen molar-refractivity contribution >= 4 is 28.7 Å². The molecule has 0 radical (unpaired) electrons. The van der Waals surface area contributed by atoms with Crippen molar-refractivity contribution in [2.24, 2.45) is 0 Å². The predicted molar refractivity (Wildman–Crippen MR) is 90.5 cm³/mol. The van der Waals surface area contributed by atoms with E-state index in [-0.39, 0.29) is 0 Å². The SMILES string of the molecule is C[NH+](C)[C@@H](CNC(=S)NC1CCCCC1)c1cccs1. The molecule has 5 heteroatoms. The second kappa shape index (κ2) is 7.96. The van der Waals surface area contributed by atoms with Crippen molar-refractivity contribution in [3.8, 4) is 0 Å². The minimum Gasteiger partial charge on any atom is -0.360 e. The Morgan fingerprint density at radius 2 is 2.15 bits per heavy atom. The Bertz CT molecular complexity index is 397.